The maximum atomic E-state index is 5.89. The lowest BCUT2D eigenvalue weighted by Gasteiger charge is -2.16. The predicted molar refractivity (Wildman–Crippen MR) is 84.6 cm³/mol. The molecule has 0 radical (unpaired) electrons. The van der Waals surface area contributed by atoms with Gasteiger partial charge in [-0.2, -0.15) is 0 Å². The van der Waals surface area contributed by atoms with Gasteiger partial charge in [-0.15, -0.1) is 0 Å². The molecule has 3 rings (SSSR count). The average molecular weight is 266 g/mol. The topological polar surface area (TPSA) is 38.0 Å². The summed E-state index contributed by atoms with van der Waals surface area (Å²) in [7, 11) is 0. The first kappa shape index (κ1) is 13.2. The van der Waals surface area contributed by atoms with Crippen molar-refractivity contribution >= 4 is 5.69 Å². The van der Waals surface area contributed by atoms with Crippen LogP contribution in [-0.4, -0.2) is 6.04 Å². The Balaban J connectivity index is 1.59. The fourth-order valence-electron chi connectivity index (χ4n) is 2.99. The Kier molecular flexibility index (Phi) is 4.03. The summed E-state index contributed by atoms with van der Waals surface area (Å²) in [6.07, 6.45) is 4.70. The fraction of sp³-hybridized carbons (Fsp3) is 0.333. The van der Waals surface area contributed by atoms with E-state index in [4.69, 9.17) is 5.73 Å². The smallest absolute Gasteiger partial charge is 0.0316 e. The van der Waals surface area contributed by atoms with Crippen LogP contribution in [0.4, 0.5) is 5.69 Å². The molecular weight excluding hydrogens is 244 g/mol. The molecule has 0 saturated carbocycles. The Hall–Kier alpha value is -1.80. The third-order valence-electron chi connectivity index (χ3n) is 4.19. The summed E-state index contributed by atoms with van der Waals surface area (Å²) in [5, 5.41) is 3.70. The number of aryl methyl sites for hydroxylation is 2. The zero-order valence-corrected chi connectivity index (χ0v) is 11.8. The molecular formula is C18H22N2. The molecule has 20 heavy (non-hydrogen) atoms. The van der Waals surface area contributed by atoms with Crippen LogP contribution in [0.25, 0.3) is 0 Å². The minimum Gasteiger partial charge on any atom is -0.399 e. The first-order chi connectivity index (χ1) is 9.81. The lowest BCUT2D eigenvalue weighted by Crippen LogP contribution is -2.28. The molecule has 2 heteroatoms. The number of fused-ring (bicyclic) bond motifs is 1. The predicted octanol–water partition coefficient (Wildman–Crippen LogP) is 3.31. The molecule has 1 unspecified atom stereocenters. The van der Waals surface area contributed by atoms with E-state index in [9.17, 15) is 0 Å². The number of nitrogens with two attached hydrogens (primary N) is 1. The van der Waals surface area contributed by atoms with Crippen LogP contribution in [0.1, 0.15) is 29.5 Å². The zero-order valence-electron chi connectivity index (χ0n) is 11.8. The molecule has 2 aromatic carbocycles. The number of benzene rings is 2. The number of nitrogens with one attached hydrogen (secondary N) is 1. The molecule has 0 fully saturated rings. The lowest BCUT2D eigenvalue weighted by molar-refractivity contribution is 0.462. The van der Waals surface area contributed by atoms with Crippen molar-refractivity contribution in [3.05, 3.63) is 65.2 Å². The minimum atomic E-state index is 0.601. The van der Waals surface area contributed by atoms with Gasteiger partial charge in [0.25, 0.3) is 0 Å². The standard InChI is InChI=1S/C18H22N2/c19-17-9-6-15-7-10-18(11-8-16(15)12-17)20-13-14-4-2-1-3-5-14/h1-6,9,12,18,20H,7-8,10-11,13,19H2. The van der Waals surface area contributed by atoms with Gasteiger partial charge in [0.2, 0.25) is 0 Å². The van der Waals surface area contributed by atoms with Crippen molar-refractivity contribution in [2.75, 3.05) is 5.73 Å². The summed E-state index contributed by atoms with van der Waals surface area (Å²) in [4.78, 5) is 0. The highest BCUT2D eigenvalue weighted by Crippen LogP contribution is 2.23. The van der Waals surface area contributed by atoms with E-state index >= 15 is 0 Å². The number of hydrogen-bond acceptors (Lipinski definition) is 2. The quantitative estimate of drug-likeness (QED) is 0.661. The van der Waals surface area contributed by atoms with E-state index in [1.807, 2.05) is 6.07 Å². The van der Waals surface area contributed by atoms with Crippen LogP contribution in [0, 0.1) is 0 Å². The van der Waals surface area contributed by atoms with Crippen LogP contribution in [0.3, 0.4) is 0 Å². The van der Waals surface area contributed by atoms with Crippen molar-refractivity contribution in [1.29, 1.82) is 0 Å². The molecule has 104 valence electrons. The summed E-state index contributed by atoms with van der Waals surface area (Å²) >= 11 is 0. The average Bonchev–Trinajstić information content (AvgIpc) is 2.68. The molecule has 0 heterocycles. The Bertz CT molecular complexity index is 563. The van der Waals surface area contributed by atoms with Gasteiger partial charge < -0.3 is 11.1 Å². The van der Waals surface area contributed by atoms with E-state index < -0.39 is 0 Å². The van der Waals surface area contributed by atoms with Gasteiger partial charge in [0.15, 0.2) is 0 Å². The Morgan fingerprint density at radius 3 is 2.50 bits per heavy atom. The lowest BCUT2D eigenvalue weighted by atomic mass is 10.0. The second-order valence-corrected chi connectivity index (χ2v) is 5.67. The van der Waals surface area contributed by atoms with Crippen molar-refractivity contribution < 1.29 is 0 Å². The Labute approximate surface area is 121 Å². The van der Waals surface area contributed by atoms with Gasteiger partial charge in [-0.1, -0.05) is 36.4 Å². The molecule has 0 saturated heterocycles. The maximum Gasteiger partial charge on any atom is 0.0316 e. The van der Waals surface area contributed by atoms with Crippen molar-refractivity contribution in [2.24, 2.45) is 0 Å². The molecule has 1 aliphatic carbocycles. The maximum absolute atomic E-state index is 5.89. The largest absolute Gasteiger partial charge is 0.399 e. The second-order valence-electron chi connectivity index (χ2n) is 5.67. The van der Waals surface area contributed by atoms with Gasteiger partial charge in [-0.05, 0) is 54.5 Å². The Morgan fingerprint density at radius 1 is 0.950 bits per heavy atom. The first-order valence-electron chi connectivity index (χ1n) is 7.46. The van der Waals surface area contributed by atoms with Crippen LogP contribution in [0.5, 0.6) is 0 Å². The van der Waals surface area contributed by atoms with E-state index in [2.05, 4.69) is 47.8 Å². The van der Waals surface area contributed by atoms with Crippen molar-refractivity contribution in [1.82, 2.24) is 5.32 Å². The molecule has 1 aliphatic rings. The number of anilines is 1. The molecule has 0 spiro atoms. The van der Waals surface area contributed by atoms with E-state index in [1.165, 1.54) is 29.5 Å². The molecule has 2 aromatic rings. The number of rotatable bonds is 3. The van der Waals surface area contributed by atoms with Gasteiger partial charge in [-0.25, -0.2) is 0 Å². The van der Waals surface area contributed by atoms with Crippen LogP contribution < -0.4 is 11.1 Å². The van der Waals surface area contributed by atoms with Crippen LogP contribution >= 0.6 is 0 Å². The molecule has 1 atom stereocenters. The van der Waals surface area contributed by atoms with E-state index in [0.717, 1.165) is 25.1 Å². The molecule has 2 nitrogen and oxygen atoms in total. The first-order valence-corrected chi connectivity index (χ1v) is 7.46. The molecule has 0 bridgehead atoms. The van der Waals surface area contributed by atoms with Gasteiger partial charge in [0.1, 0.15) is 0 Å². The zero-order chi connectivity index (χ0) is 13.8. The molecule has 3 N–H and O–H groups in total. The van der Waals surface area contributed by atoms with Crippen molar-refractivity contribution in [2.45, 2.75) is 38.3 Å². The monoisotopic (exact) mass is 266 g/mol. The third-order valence-corrected chi connectivity index (χ3v) is 4.19. The van der Waals surface area contributed by atoms with Gasteiger partial charge in [-0.3, -0.25) is 0 Å². The van der Waals surface area contributed by atoms with Crippen LogP contribution in [0.15, 0.2) is 48.5 Å². The highest BCUT2D eigenvalue weighted by molar-refractivity contribution is 5.45. The molecule has 0 aromatic heterocycles. The van der Waals surface area contributed by atoms with Gasteiger partial charge in [0, 0.05) is 18.3 Å². The second kappa shape index (κ2) is 6.10. The van der Waals surface area contributed by atoms with Crippen LogP contribution in [0.2, 0.25) is 0 Å². The number of nitrogen functional groups attached to an aromatic ring is 1. The molecule has 0 amide bonds. The fourth-order valence-corrected chi connectivity index (χ4v) is 2.99. The van der Waals surface area contributed by atoms with E-state index in [0.29, 0.717) is 6.04 Å². The van der Waals surface area contributed by atoms with Crippen molar-refractivity contribution in [3.63, 3.8) is 0 Å². The Morgan fingerprint density at radius 2 is 1.70 bits per heavy atom. The summed E-state index contributed by atoms with van der Waals surface area (Å²) in [5.41, 5.74) is 11.0. The third kappa shape index (κ3) is 3.20. The van der Waals surface area contributed by atoms with Crippen LogP contribution in [-0.2, 0) is 19.4 Å². The summed E-state index contributed by atoms with van der Waals surface area (Å²) in [6.45, 7) is 0.962. The summed E-state index contributed by atoms with van der Waals surface area (Å²) < 4.78 is 0. The van der Waals surface area contributed by atoms with E-state index in [-0.39, 0.29) is 0 Å². The van der Waals surface area contributed by atoms with Crippen molar-refractivity contribution in [3.8, 4) is 0 Å². The number of hydrogen-bond donors (Lipinski definition) is 2. The van der Waals surface area contributed by atoms with Gasteiger partial charge >= 0.3 is 0 Å². The normalized spacial score (nSPS) is 18.3. The summed E-state index contributed by atoms with van der Waals surface area (Å²) in [5.74, 6) is 0. The highest BCUT2D eigenvalue weighted by atomic mass is 14.9. The SMILES string of the molecule is Nc1ccc2c(c1)CCC(NCc1ccccc1)CC2. The van der Waals surface area contributed by atoms with E-state index in [1.54, 1.807) is 0 Å². The summed E-state index contributed by atoms with van der Waals surface area (Å²) in [6, 6.07) is 17.6. The minimum absolute atomic E-state index is 0.601. The highest BCUT2D eigenvalue weighted by Gasteiger charge is 2.15. The molecule has 0 aliphatic heterocycles. The van der Waals surface area contributed by atoms with Gasteiger partial charge in [0.05, 0.1) is 0 Å².